The van der Waals surface area contributed by atoms with Crippen molar-refractivity contribution in [1.29, 1.82) is 0 Å². The standard InChI is InChI=1S/C21H26F3N3O/c1-4-5-16-13-8-9-21(16,20(2)10-12(22)6-7-15(13)20)25-19(28)14-11-27(3)26-17(14)18(23)24/h6-7,10-11,13,15-16,18H,4-5,8-9H2,1-3H3,(H,25,28)/t13?,15?,16?,20-,21?/m1/s1. The van der Waals surface area contributed by atoms with Crippen molar-refractivity contribution < 1.29 is 18.0 Å². The largest absolute Gasteiger partial charge is 0.345 e. The van der Waals surface area contributed by atoms with Gasteiger partial charge in [0.1, 0.15) is 11.5 Å². The summed E-state index contributed by atoms with van der Waals surface area (Å²) in [5.41, 5.74) is -1.83. The highest BCUT2D eigenvalue weighted by Gasteiger charge is 2.69. The first-order chi connectivity index (χ1) is 13.2. The van der Waals surface area contributed by atoms with Crippen LogP contribution in [0.25, 0.3) is 0 Å². The summed E-state index contributed by atoms with van der Waals surface area (Å²) < 4.78 is 42.2. The van der Waals surface area contributed by atoms with Gasteiger partial charge < -0.3 is 5.32 Å². The number of hydrogen-bond acceptors (Lipinski definition) is 2. The van der Waals surface area contributed by atoms with Gasteiger partial charge in [-0.1, -0.05) is 26.3 Å². The second-order valence-electron chi connectivity index (χ2n) is 8.62. The number of carbonyl (C=O) groups excluding carboxylic acids is 1. The Morgan fingerprint density at radius 2 is 2.21 bits per heavy atom. The minimum absolute atomic E-state index is 0.103. The number of aryl methyl sites for hydroxylation is 1. The Bertz CT molecular complexity index is 861. The third kappa shape index (κ3) is 2.51. The van der Waals surface area contributed by atoms with Gasteiger partial charge in [-0.05, 0) is 49.2 Å². The zero-order valence-electron chi connectivity index (χ0n) is 16.4. The van der Waals surface area contributed by atoms with E-state index in [9.17, 15) is 18.0 Å². The third-order valence-corrected chi connectivity index (χ3v) is 7.28. The molecule has 0 spiro atoms. The van der Waals surface area contributed by atoms with Crippen molar-refractivity contribution in [2.75, 3.05) is 0 Å². The molecular formula is C21H26F3N3O. The lowest BCUT2D eigenvalue weighted by Crippen LogP contribution is -2.60. The molecule has 2 bridgehead atoms. The van der Waals surface area contributed by atoms with Crippen LogP contribution in [0, 0.1) is 23.2 Å². The van der Waals surface area contributed by atoms with E-state index in [0.717, 1.165) is 25.7 Å². The molecule has 0 radical (unpaired) electrons. The van der Waals surface area contributed by atoms with E-state index < -0.39 is 29.0 Å². The highest BCUT2D eigenvalue weighted by Crippen LogP contribution is 2.68. The van der Waals surface area contributed by atoms with E-state index in [-0.39, 0.29) is 23.2 Å². The minimum Gasteiger partial charge on any atom is -0.345 e. The number of allylic oxidation sites excluding steroid dienone is 3. The van der Waals surface area contributed by atoms with Gasteiger partial charge in [-0.25, -0.2) is 13.2 Å². The molecule has 0 aromatic carbocycles. The maximum atomic E-state index is 14.3. The Labute approximate surface area is 162 Å². The lowest BCUT2D eigenvalue weighted by molar-refractivity contribution is 0.0692. The molecule has 28 heavy (non-hydrogen) atoms. The lowest BCUT2D eigenvalue weighted by Gasteiger charge is -2.49. The fraction of sp³-hybridized carbons (Fsp3) is 0.619. The van der Waals surface area contributed by atoms with E-state index in [1.54, 1.807) is 6.08 Å². The average molecular weight is 393 g/mol. The molecular weight excluding hydrogens is 367 g/mol. The van der Waals surface area contributed by atoms with Crippen LogP contribution in [-0.4, -0.2) is 21.2 Å². The maximum absolute atomic E-state index is 14.3. The molecule has 1 amide bonds. The number of nitrogens with one attached hydrogen (secondary N) is 1. The van der Waals surface area contributed by atoms with Crippen LogP contribution in [0.3, 0.4) is 0 Å². The Morgan fingerprint density at radius 1 is 1.46 bits per heavy atom. The van der Waals surface area contributed by atoms with Gasteiger partial charge in [0, 0.05) is 18.7 Å². The van der Waals surface area contributed by atoms with Crippen LogP contribution < -0.4 is 5.32 Å². The molecule has 1 heterocycles. The van der Waals surface area contributed by atoms with Gasteiger partial charge in [0.2, 0.25) is 0 Å². The summed E-state index contributed by atoms with van der Waals surface area (Å²) in [6.07, 6.45) is 7.12. The van der Waals surface area contributed by atoms with Crippen LogP contribution in [-0.2, 0) is 7.05 Å². The zero-order chi connectivity index (χ0) is 20.3. The third-order valence-electron chi connectivity index (χ3n) is 7.28. The van der Waals surface area contributed by atoms with Crippen molar-refractivity contribution in [2.24, 2.45) is 30.2 Å². The normalized spacial score (nSPS) is 36.0. The fourth-order valence-electron chi connectivity index (χ4n) is 6.26. The second-order valence-corrected chi connectivity index (χ2v) is 8.62. The molecule has 1 aromatic rings. The van der Waals surface area contributed by atoms with Gasteiger partial charge in [-0.3, -0.25) is 9.48 Å². The van der Waals surface area contributed by atoms with Gasteiger partial charge in [-0.2, -0.15) is 5.10 Å². The highest BCUT2D eigenvalue weighted by molar-refractivity contribution is 5.96. The van der Waals surface area contributed by atoms with E-state index in [0.29, 0.717) is 5.92 Å². The summed E-state index contributed by atoms with van der Waals surface area (Å²) in [5, 5.41) is 6.89. The van der Waals surface area contributed by atoms with Crippen LogP contribution in [0.5, 0.6) is 0 Å². The predicted octanol–water partition coefficient (Wildman–Crippen LogP) is 4.71. The van der Waals surface area contributed by atoms with Crippen molar-refractivity contribution in [3.8, 4) is 0 Å². The van der Waals surface area contributed by atoms with Gasteiger partial charge >= 0.3 is 0 Å². The Balaban J connectivity index is 1.76. The number of fused-ring (bicyclic) bond motifs is 5. The van der Waals surface area contributed by atoms with Crippen LogP contribution in [0.4, 0.5) is 13.2 Å². The number of hydrogen-bond donors (Lipinski definition) is 1. The summed E-state index contributed by atoms with van der Waals surface area (Å²) in [4.78, 5) is 13.1. The Morgan fingerprint density at radius 3 is 2.89 bits per heavy atom. The topological polar surface area (TPSA) is 46.9 Å². The number of halogens is 3. The predicted molar refractivity (Wildman–Crippen MR) is 99.4 cm³/mol. The summed E-state index contributed by atoms with van der Waals surface area (Å²) in [6, 6.07) is 0. The van der Waals surface area contributed by atoms with Crippen molar-refractivity contribution in [1.82, 2.24) is 15.1 Å². The van der Waals surface area contributed by atoms with Gasteiger partial charge in [-0.15, -0.1) is 0 Å². The quantitative estimate of drug-likeness (QED) is 0.787. The zero-order valence-corrected chi connectivity index (χ0v) is 16.4. The van der Waals surface area contributed by atoms with Crippen molar-refractivity contribution in [3.05, 3.63) is 41.5 Å². The monoisotopic (exact) mass is 393 g/mol. The number of rotatable bonds is 5. The number of alkyl halides is 2. The number of amides is 1. The average Bonchev–Trinajstić information content (AvgIpc) is 3.23. The van der Waals surface area contributed by atoms with E-state index in [1.165, 1.54) is 24.0 Å². The molecule has 152 valence electrons. The number of carbonyl (C=O) groups is 1. The van der Waals surface area contributed by atoms with Gasteiger partial charge in [0.15, 0.2) is 0 Å². The van der Waals surface area contributed by atoms with Crippen molar-refractivity contribution in [3.63, 3.8) is 0 Å². The van der Waals surface area contributed by atoms with Crippen molar-refractivity contribution >= 4 is 5.91 Å². The Hall–Kier alpha value is -2.05. The van der Waals surface area contributed by atoms with Crippen LogP contribution >= 0.6 is 0 Å². The minimum atomic E-state index is -2.83. The second kappa shape index (κ2) is 6.49. The van der Waals surface area contributed by atoms with E-state index >= 15 is 0 Å². The molecule has 4 rings (SSSR count). The summed E-state index contributed by atoms with van der Waals surface area (Å²) >= 11 is 0. The lowest BCUT2D eigenvalue weighted by atomic mass is 9.61. The first-order valence-corrected chi connectivity index (χ1v) is 9.94. The molecule has 4 nitrogen and oxygen atoms in total. The summed E-state index contributed by atoms with van der Waals surface area (Å²) in [5.74, 6) is -0.162. The first kappa shape index (κ1) is 19.3. The van der Waals surface area contributed by atoms with Gasteiger partial charge in [0.25, 0.3) is 12.3 Å². The molecule has 1 N–H and O–H groups in total. The van der Waals surface area contributed by atoms with Crippen LogP contribution in [0.15, 0.2) is 30.3 Å². The molecule has 0 saturated heterocycles. The van der Waals surface area contributed by atoms with E-state index in [2.05, 4.69) is 17.3 Å². The Kier molecular flexibility index (Phi) is 4.47. The van der Waals surface area contributed by atoms with E-state index in [4.69, 9.17) is 0 Å². The number of nitrogens with zero attached hydrogens (tertiary/aromatic N) is 2. The molecule has 0 aliphatic heterocycles. The van der Waals surface area contributed by atoms with Crippen LogP contribution in [0.2, 0.25) is 0 Å². The smallest absolute Gasteiger partial charge is 0.282 e. The SMILES string of the molecule is CCCC1C2CCC1(NC(=O)c1cn(C)nc1C(F)F)[C@]1(C)C=C(F)C=CC21. The summed E-state index contributed by atoms with van der Waals surface area (Å²) in [7, 11) is 1.52. The highest BCUT2D eigenvalue weighted by atomic mass is 19.3. The molecule has 1 aromatic heterocycles. The summed E-state index contributed by atoms with van der Waals surface area (Å²) in [6.45, 7) is 4.10. The van der Waals surface area contributed by atoms with Crippen molar-refractivity contribution in [2.45, 2.75) is 51.5 Å². The molecule has 2 fully saturated rings. The molecule has 2 saturated carbocycles. The first-order valence-electron chi connectivity index (χ1n) is 9.94. The molecule has 3 aliphatic carbocycles. The molecule has 5 atom stereocenters. The van der Waals surface area contributed by atoms with Crippen LogP contribution in [0.1, 0.15) is 62.0 Å². The van der Waals surface area contributed by atoms with E-state index in [1.807, 2.05) is 13.0 Å². The van der Waals surface area contributed by atoms with Gasteiger partial charge in [0.05, 0.1) is 11.1 Å². The molecule has 4 unspecified atom stereocenters. The molecule has 3 aliphatic rings. The maximum Gasteiger partial charge on any atom is 0.282 e. The molecule has 7 heteroatoms. The number of aromatic nitrogens is 2. The fourth-order valence-corrected chi connectivity index (χ4v) is 6.26.